The van der Waals surface area contributed by atoms with E-state index in [0.29, 0.717) is 30.2 Å². The van der Waals surface area contributed by atoms with Gasteiger partial charge in [-0.25, -0.2) is 8.42 Å². The lowest BCUT2D eigenvalue weighted by molar-refractivity contribution is 0.0690. The zero-order chi connectivity index (χ0) is 31.8. The van der Waals surface area contributed by atoms with Crippen molar-refractivity contribution in [3.63, 3.8) is 0 Å². The molecule has 1 aliphatic carbocycles. The van der Waals surface area contributed by atoms with Crippen LogP contribution in [0.15, 0.2) is 72.8 Å². The molecule has 1 atom stereocenters. The second kappa shape index (κ2) is 15.1. The Kier molecular flexibility index (Phi) is 11.0. The van der Waals surface area contributed by atoms with Crippen LogP contribution in [0.4, 0.5) is 5.69 Å². The van der Waals surface area contributed by atoms with E-state index in [4.69, 9.17) is 4.74 Å². The molecule has 242 valence electrons. The fourth-order valence-corrected chi connectivity index (χ4v) is 7.00. The van der Waals surface area contributed by atoms with Crippen molar-refractivity contribution in [3.05, 3.63) is 89.5 Å². The van der Waals surface area contributed by atoms with Crippen molar-refractivity contribution in [1.82, 2.24) is 10.2 Å². The molecule has 2 fully saturated rings. The number of rotatable bonds is 12. The van der Waals surface area contributed by atoms with Gasteiger partial charge in [0.1, 0.15) is 24.2 Å². The summed E-state index contributed by atoms with van der Waals surface area (Å²) in [6.45, 7) is 2.04. The number of ether oxygens (including phenoxy) is 1. The Labute approximate surface area is 266 Å². The molecule has 10 heteroatoms. The van der Waals surface area contributed by atoms with Crippen LogP contribution in [-0.4, -0.2) is 74.1 Å². The number of piperidine rings is 1. The van der Waals surface area contributed by atoms with Crippen LogP contribution in [0.5, 0.6) is 11.5 Å². The van der Waals surface area contributed by atoms with Crippen LogP contribution in [0.2, 0.25) is 0 Å². The van der Waals surface area contributed by atoms with Gasteiger partial charge < -0.3 is 25.2 Å². The lowest BCUT2D eigenvalue weighted by atomic mass is 9.81. The van der Waals surface area contributed by atoms with Crippen molar-refractivity contribution in [2.24, 2.45) is 5.92 Å². The smallest absolute Gasteiger partial charge is 0.253 e. The molecule has 1 heterocycles. The average Bonchev–Trinajstić information content (AvgIpc) is 3.04. The van der Waals surface area contributed by atoms with Gasteiger partial charge in [-0.05, 0) is 92.2 Å². The number of sulfonamides is 1. The third-order valence-electron chi connectivity index (χ3n) is 8.97. The molecule has 9 nitrogen and oxygen atoms in total. The second-order valence-electron chi connectivity index (χ2n) is 12.5. The highest BCUT2D eigenvalue weighted by molar-refractivity contribution is 7.92. The summed E-state index contributed by atoms with van der Waals surface area (Å²) in [7, 11) is -3.55. The summed E-state index contributed by atoms with van der Waals surface area (Å²) in [6.07, 6.45) is 7.49. The number of carbonyl (C=O) groups is 1. The molecule has 3 aromatic rings. The highest BCUT2D eigenvalue weighted by Crippen LogP contribution is 2.33. The minimum Gasteiger partial charge on any atom is -0.506 e. The lowest BCUT2D eigenvalue weighted by Crippen LogP contribution is -2.39. The van der Waals surface area contributed by atoms with Crippen LogP contribution in [-0.2, 0) is 16.4 Å². The Morgan fingerprint density at radius 1 is 0.956 bits per heavy atom. The predicted molar refractivity (Wildman–Crippen MR) is 176 cm³/mol. The number of aliphatic hydroxyl groups excluding tert-OH is 1. The Bertz CT molecular complexity index is 1500. The monoisotopic (exact) mass is 635 g/mol. The van der Waals surface area contributed by atoms with Crippen molar-refractivity contribution in [1.29, 1.82) is 0 Å². The number of aliphatic hydroxyl groups is 1. The average molecular weight is 636 g/mol. The van der Waals surface area contributed by atoms with E-state index in [1.54, 1.807) is 0 Å². The third-order valence-corrected chi connectivity index (χ3v) is 9.56. The summed E-state index contributed by atoms with van der Waals surface area (Å²) in [4.78, 5) is 15.2. The van der Waals surface area contributed by atoms with E-state index in [1.807, 2.05) is 17.0 Å². The molecule has 1 aliphatic heterocycles. The number of hydrogen-bond acceptors (Lipinski definition) is 7. The van der Waals surface area contributed by atoms with E-state index in [0.717, 1.165) is 69.9 Å². The molecule has 2 aliphatic rings. The van der Waals surface area contributed by atoms with Gasteiger partial charge in [-0.3, -0.25) is 9.52 Å². The molecule has 3 aromatic carbocycles. The van der Waals surface area contributed by atoms with Crippen LogP contribution in [0.25, 0.3) is 0 Å². The first-order valence-electron chi connectivity index (χ1n) is 15.9. The fourth-order valence-electron chi connectivity index (χ4n) is 6.44. The lowest BCUT2D eigenvalue weighted by Gasteiger charge is -2.32. The van der Waals surface area contributed by atoms with Crippen LogP contribution < -0.4 is 14.8 Å². The van der Waals surface area contributed by atoms with Gasteiger partial charge in [-0.2, -0.15) is 0 Å². The molecule has 1 saturated carbocycles. The molecular formula is C35H45N3O6S. The van der Waals surface area contributed by atoms with E-state index >= 15 is 0 Å². The SMILES string of the molecule is CS(=O)(=O)Nc1cc(OCC(O)CNC2CCC(c3ccc(C(=O)N4CCC(Cc5ccccc5)CC4)cc3)CC2)ccc1O. The topological polar surface area (TPSA) is 128 Å². The molecular weight excluding hydrogens is 590 g/mol. The van der Waals surface area contributed by atoms with Crippen LogP contribution in [0.3, 0.4) is 0 Å². The zero-order valence-corrected chi connectivity index (χ0v) is 26.7. The largest absolute Gasteiger partial charge is 0.506 e. The number of benzene rings is 3. The Balaban J connectivity index is 1.01. The number of likely N-dealkylation sites (tertiary alicyclic amines) is 1. The summed E-state index contributed by atoms with van der Waals surface area (Å²) in [5, 5.41) is 23.8. The minimum absolute atomic E-state index is 0.0236. The molecule has 1 saturated heterocycles. The number of phenolic OH excluding ortho intramolecular Hbond substituents is 1. The van der Waals surface area contributed by atoms with Crippen LogP contribution in [0.1, 0.15) is 65.9 Å². The van der Waals surface area contributed by atoms with Crippen molar-refractivity contribution in [2.45, 2.75) is 63.0 Å². The summed E-state index contributed by atoms with van der Waals surface area (Å²) < 4.78 is 30.8. The van der Waals surface area contributed by atoms with Gasteiger partial charge in [0.25, 0.3) is 5.91 Å². The molecule has 0 bridgehead atoms. The first-order chi connectivity index (χ1) is 21.6. The molecule has 0 radical (unpaired) electrons. The Morgan fingerprint density at radius 3 is 2.31 bits per heavy atom. The number of aromatic hydroxyl groups is 1. The van der Waals surface area contributed by atoms with Gasteiger partial charge in [0.2, 0.25) is 10.0 Å². The van der Waals surface area contributed by atoms with Gasteiger partial charge >= 0.3 is 0 Å². The van der Waals surface area contributed by atoms with Gasteiger partial charge in [-0.15, -0.1) is 0 Å². The summed E-state index contributed by atoms with van der Waals surface area (Å²) in [6, 6.07) is 23.4. The van der Waals surface area contributed by atoms with E-state index in [9.17, 15) is 23.4 Å². The number of hydrogen-bond donors (Lipinski definition) is 4. The number of nitrogens with one attached hydrogen (secondary N) is 2. The highest BCUT2D eigenvalue weighted by Gasteiger charge is 2.26. The Hall–Kier alpha value is -3.60. The maximum absolute atomic E-state index is 13.2. The maximum atomic E-state index is 13.2. The minimum atomic E-state index is -3.55. The summed E-state index contributed by atoms with van der Waals surface area (Å²) in [5.41, 5.74) is 3.44. The summed E-state index contributed by atoms with van der Waals surface area (Å²) >= 11 is 0. The predicted octanol–water partition coefficient (Wildman–Crippen LogP) is 4.91. The highest BCUT2D eigenvalue weighted by atomic mass is 32.2. The molecule has 5 rings (SSSR count). The number of phenols is 1. The van der Waals surface area contributed by atoms with E-state index < -0.39 is 16.1 Å². The van der Waals surface area contributed by atoms with Crippen molar-refractivity contribution in [3.8, 4) is 11.5 Å². The number of carbonyl (C=O) groups excluding carboxylic acids is 1. The van der Waals surface area contributed by atoms with Gasteiger partial charge in [0.05, 0.1) is 11.9 Å². The molecule has 0 aromatic heterocycles. The molecule has 1 unspecified atom stereocenters. The fraction of sp³-hybridized carbons (Fsp3) is 0.457. The molecule has 0 spiro atoms. The standard InChI is InChI=1S/C35H45N3O6S/c1-45(42,43)37-33-22-32(15-16-34(33)40)44-24-31(39)23-36-30-13-11-28(12-14-30)27-7-9-29(10-8-27)35(41)38-19-17-26(18-20-38)21-25-5-3-2-4-6-25/h2-10,15-16,22,26,28,30-31,36-37,39-40H,11-14,17-21,23-24H2,1H3. The van der Waals surface area contributed by atoms with E-state index in [-0.39, 0.29) is 24.0 Å². The van der Waals surface area contributed by atoms with Crippen molar-refractivity contribution >= 4 is 21.6 Å². The number of nitrogens with zero attached hydrogens (tertiary/aromatic N) is 1. The Morgan fingerprint density at radius 2 is 1.64 bits per heavy atom. The second-order valence-corrected chi connectivity index (χ2v) is 14.3. The normalized spacial score (nSPS) is 20.0. The first-order valence-corrected chi connectivity index (χ1v) is 17.8. The van der Waals surface area contributed by atoms with Crippen molar-refractivity contribution in [2.75, 3.05) is 37.2 Å². The molecule has 45 heavy (non-hydrogen) atoms. The van der Waals surface area contributed by atoms with Gasteiger partial charge in [0, 0.05) is 37.3 Å². The first kappa shape index (κ1) is 32.8. The number of amides is 1. The summed E-state index contributed by atoms with van der Waals surface area (Å²) in [5.74, 6) is 1.35. The number of anilines is 1. The van der Waals surface area contributed by atoms with Gasteiger partial charge in [-0.1, -0.05) is 42.5 Å². The van der Waals surface area contributed by atoms with Crippen LogP contribution >= 0.6 is 0 Å². The van der Waals surface area contributed by atoms with E-state index in [1.165, 1.54) is 29.3 Å². The zero-order valence-electron chi connectivity index (χ0n) is 25.9. The quantitative estimate of drug-likeness (QED) is 0.208. The van der Waals surface area contributed by atoms with Crippen LogP contribution in [0, 0.1) is 5.92 Å². The van der Waals surface area contributed by atoms with Gasteiger partial charge in [0.15, 0.2) is 0 Å². The van der Waals surface area contributed by atoms with Crippen molar-refractivity contribution < 1.29 is 28.2 Å². The van der Waals surface area contributed by atoms with E-state index in [2.05, 4.69) is 52.5 Å². The molecule has 4 N–H and O–H groups in total. The molecule has 1 amide bonds. The maximum Gasteiger partial charge on any atom is 0.253 e. The third kappa shape index (κ3) is 9.69.